The van der Waals surface area contributed by atoms with Crippen molar-refractivity contribution in [3.63, 3.8) is 0 Å². The van der Waals surface area contributed by atoms with Gasteiger partial charge in [-0.25, -0.2) is 9.59 Å². The van der Waals surface area contributed by atoms with Gasteiger partial charge in [-0.3, -0.25) is 9.69 Å². The van der Waals surface area contributed by atoms with Crippen molar-refractivity contribution in [3.05, 3.63) is 0 Å². The number of esters is 1. The standard InChI is InChI=1S/C14H24N2O7.C2H6/c1-14(2,3)23-13(20)16-5-6-22-8-10(16)11(18)15-9(7-17)12(19)21-4;1-2/h9-10,17H,5-8H2,1-4H3,(H,15,18);1-2H3. The van der Waals surface area contributed by atoms with Gasteiger partial charge in [0.1, 0.15) is 11.6 Å². The van der Waals surface area contributed by atoms with E-state index in [9.17, 15) is 14.4 Å². The lowest BCUT2D eigenvalue weighted by molar-refractivity contribution is -0.147. The van der Waals surface area contributed by atoms with Crippen molar-refractivity contribution in [2.24, 2.45) is 0 Å². The Balaban J connectivity index is 0.00000277. The van der Waals surface area contributed by atoms with Crippen molar-refractivity contribution in [3.8, 4) is 0 Å². The molecule has 1 saturated heterocycles. The van der Waals surface area contributed by atoms with E-state index in [-0.39, 0.29) is 19.8 Å². The van der Waals surface area contributed by atoms with Gasteiger partial charge in [-0.1, -0.05) is 13.8 Å². The van der Waals surface area contributed by atoms with Gasteiger partial charge in [0.15, 0.2) is 6.04 Å². The highest BCUT2D eigenvalue weighted by Gasteiger charge is 2.37. The first-order valence-electron chi connectivity index (χ1n) is 8.26. The molecule has 1 fully saturated rings. The topological polar surface area (TPSA) is 114 Å². The van der Waals surface area contributed by atoms with Crippen LogP contribution in [0.5, 0.6) is 0 Å². The SMILES string of the molecule is CC.COC(=O)C(CO)NC(=O)C1COCCN1C(=O)OC(C)(C)C. The zero-order chi connectivity index (χ0) is 19.6. The molecule has 0 spiro atoms. The molecule has 0 aromatic rings. The number of ether oxygens (including phenoxy) is 3. The number of methoxy groups -OCH3 is 1. The Labute approximate surface area is 148 Å². The van der Waals surface area contributed by atoms with Crippen LogP contribution < -0.4 is 5.32 Å². The average Bonchev–Trinajstić information content (AvgIpc) is 2.59. The molecule has 146 valence electrons. The largest absolute Gasteiger partial charge is 0.467 e. The van der Waals surface area contributed by atoms with Crippen molar-refractivity contribution < 1.29 is 33.7 Å². The van der Waals surface area contributed by atoms with E-state index in [1.807, 2.05) is 13.8 Å². The van der Waals surface area contributed by atoms with Crippen molar-refractivity contribution >= 4 is 18.0 Å². The summed E-state index contributed by atoms with van der Waals surface area (Å²) in [6.07, 6.45) is -0.639. The Bertz CT molecular complexity index is 448. The number of nitrogens with one attached hydrogen (secondary N) is 1. The molecule has 0 aromatic carbocycles. The number of hydrogen-bond acceptors (Lipinski definition) is 7. The van der Waals surface area contributed by atoms with Gasteiger partial charge in [-0.2, -0.15) is 0 Å². The molecule has 1 heterocycles. The Morgan fingerprint density at radius 3 is 2.40 bits per heavy atom. The molecular weight excluding hydrogens is 332 g/mol. The predicted molar refractivity (Wildman–Crippen MR) is 89.9 cm³/mol. The average molecular weight is 362 g/mol. The lowest BCUT2D eigenvalue weighted by atomic mass is 10.2. The van der Waals surface area contributed by atoms with Crippen LogP contribution in [0, 0.1) is 0 Å². The zero-order valence-corrected chi connectivity index (χ0v) is 15.8. The summed E-state index contributed by atoms with van der Waals surface area (Å²) in [5.74, 6) is -1.40. The molecule has 0 aliphatic carbocycles. The van der Waals surface area contributed by atoms with E-state index in [2.05, 4.69) is 10.1 Å². The molecule has 9 heteroatoms. The minimum Gasteiger partial charge on any atom is -0.467 e. The fourth-order valence-corrected chi connectivity index (χ4v) is 1.95. The molecule has 1 rings (SSSR count). The zero-order valence-electron chi connectivity index (χ0n) is 15.8. The third-order valence-electron chi connectivity index (χ3n) is 3.04. The van der Waals surface area contributed by atoms with E-state index in [1.54, 1.807) is 20.8 Å². The normalized spacial score (nSPS) is 18.4. The quantitative estimate of drug-likeness (QED) is 0.691. The first-order chi connectivity index (χ1) is 11.7. The monoisotopic (exact) mass is 362 g/mol. The molecule has 25 heavy (non-hydrogen) atoms. The van der Waals surface area contributed by atoms with Gasteiger partial charge in [0.05, 0.1) is 26.9 Å². The molecule has 2 N–H and O–H groups in total. The van der Waals surface area contributed by atoms with Crippen LogP contribution in [0.25, 0.3) is 0 Å². The summed E-state index contributed by atoms with van der Waals surface area (Å²) < 4.78 is 15.0. The van der Waals surface area contributed by atoms with Gasteiger partial charge in [0.25, 0.3) is 0 Å². The number of amides is 2. The Morgan fingerprint density at radius 1 is 1.32 bits per heavy atom. The summed E-state index contributed by atoms with van der Waals surface area (Å²) >= 11 is 0. The Hall–Kier alpha value is -1.87. The van der Waals surface area contributed by atoms with E-state index in [0.29, 0.717) is 0 Å². The third-order valence-corrected chi connectivity index (χ3v) is 3.04. The van der Waals surface area contributed by atoms with Gasteiger partial charge in [-0.15, -0.1) is 0 Å². The van der Waals surface area contributed by atoms with Gasteiger partial charge in [-0.05, 0) is 20.8 Å². The van der Waals surface area contributed by atoms with E-state index < -0.39 is 42.3 Å². The Kier molecular flexibility index (Phi) is 10.1. The number of carbonyl (C=O) groups is 3. The van der Waals surface area contributed by atoms with Gasteiger partial charge in [0.2, 0.25) is 5.91 Å². The molecule has 2 unspecified atom stereocenters. The number of nitrogens with zero attached hydrogens (tertiary/aromatic N) is 1. The molecule has 1 aliphatic heterocycles. The van der Waals surface area contributed by atoms with Crippen molar-refractivity contribution in [2.45, 2.75) is 52.3 Å². The van der Waals surface area contributed by atoms with Crippen LogP contribution in [0.4, 0.5) is 4.79 Å². The van der Waals surface area contributed by atoms with Crippen molar-refractivity contribution in [2.75, 3.05) is 33.5 Å². The number of morpholine rings is 1. The maximum absolute atomic E-state index is 12.3. The van der Waals surface area contributed by atoms with Gasteiger partial charge in [0, 0.05) is 6.54 Å². The molecule has 9 nitrogen and oxygen atoms in total. The van der Waals surface area contributed by atoms with Crippen LogP contribution >= 0.6 is 0 Å². The van der Waals surface area contributed by atoms with Gasteiger partial charge < -0.3 is 24.6 Å². The van der Waals surface area contributed by atoms with Crippen LogP contribution in [-0.2, 0) is 23.8 Å². The fourth-order valence-electron chi connectivity index (χ4n) is 1.95. The summed E-state index contributed by atoms with van der Waals surface area (Å²) in [4.78, 5) is 37.2. The molecule has 0 bridgehead atoms. The minimum atomic E-state index is -1.20. The maximum Gasteiger partial charge on any atom is 0.411 e. The number of aliphatic hydroxyl groups is 1. The molecule has 0 radical (unpaired) electrons. The first kappa shape index (κ1) is 23.1. The highest BCUT2D eigenvalue weighted by atomic mass is 16.6. The Morgan fingerprint density at radius 2 is 1.92 bits per heavy atom. The fraction of sp³-hybridized carbons (Fsp3) is 0.812. The van der Waals surface area contributed by atoms with E-state index in [4.69, 9.17) is 14.6 Å². The smallest absolute Gasteiger partial charge is 0.411 e. The third kappa shape index (κ3) is 7.70. The summed E-state index contributed by atoms with van der Waals surface area (Å²) in [7, 11) is 1.15. The van der Waals surface area contributed by atoms with Gasteiger partial charge >= 0.3 is 12.1 Å². The summed E-state index contributed by atoms with van der Waals surface area (Å²) in [6.45, 7) is 9.00. The lowest BCUT2D eigenvalue weighted by Gasteiger charge is -2.36. The minimum absolute atomic E-state index is 0.0234. The molecule has 1 aliphatic rings. The summed E-state index contributed by atoms with van der Waals surface area (Å²) in [6, 6.07) is -2.15. The van der Waals surface area contributed by atoms with Crippen LogP contribution in [0.3, 0.4) is 0 Å². The number of rotatable bonds is 4. The van der Waals surface area contributed by atoms with Crippen LogP contribution in [0.2, 0.25) is 0 Å². The highest BCUT2D eigenvalue weighted by Crippen LogP contribution is 2.15. The van der Waals surface area contributed by atoms with E-state index >= 15 is 0 Å². The summed E-state index contributed by atoms with van der Waals surface area (Å²) in [5, 5.41) is 11.5. The second kappa shape index (κ2) is 10.9. The first-order valence-corrected chi connectivity index (χ1v) is 8.26. The highest BCUT2D eigenvalue weighted by molar-refractivity contribution is 5.90. The molecular formula is C16H30N2O7. The van der Waals surface area contributed by atoms with Crippen molar-refractivity contribution in [1.82, 2.24) is 10.2 Å². The number of hydrogen-bond donors (Lipinski definition) is 2. The summed E-state index contributed by atoms with van der Waals surface area (Å²) in [5.41, 5.74) is -0.698. The number of aliphatic hydroxyl groups excluding tert-OH is 1. The van der Waals surface area contributed by atoms with Crippen LogP contribution in [0.15, 0.2) is 0 Å². The molecule has 0 saturated carbocycles. The van der Waals surface area contributed by atoms with E-state index in [0.717, 1.165) is 7.11 Å². The molecule has 2 atom stereocenters. The second-order valence-corrected chi connectivity index (χ2v) is 6.03. The van der Waals surface area contributed by atoms with Crippen LogP contribution in [0.1, 0.15) is 34.6 Å². The lowest BCUT2D eigenvalue weighted by Crippen LogP contribution is -2.59. The van der Waals surface area contributed by atoms with Crippen LogP contribution in [-0.4, -0.2) is 79.1 Å². The maximum atomic E-state index is 12.3. The second-order valence-electron chi connectivity index (χ2n) is 6.03. The number of carbonyl (C=O) groups excluding carboxylic acids is 3. The predicted octanol–water partition coefficient (Wildman–Crippen LogP) is 0.299. The van der Waals surface area contributed by atoms with Crippen molar-refractivity contribution in [1.29, 1.82) is 0 Å². The van der Waals surface area contributed by atoms with E-state index in [1.165, 1.54) is 4.90 Å². The molecule has 0 aromatic heterocycles. The molecule has 2 amide bonds.